The quantitative estimate of drug-likeness (QED) is 0.769. The normalized spacial score (nSPS) is 27.9. The highest BCUT2D eigenvalue weighted by molar-refractivity contribution is 7.81. The van der Waals surface area contributed by atoms with E-state index in [1.165, 1.54) is 10.5 Å². The van der Waals surface area contributed by atoms with Crippen molar-refractivity contribution < 1.29 is 0 Å². The van der Waals surface area contributed by atoms with Crippen LogP contribution in [0.15, 0.2) is 17.9 Å². The topological polar surface area (TPSA) is 20.5 Å². The molecule has 2 atom stereocenters. The van der Waals surface area contributed by atoms with Crippen LogP contribution < -0.4 is 0 Å². The number of imidazole rings is 1. The van der Waals surface area contributed by atoms with Crippen molar-refractivity contribution in [2.75, 3.05) is 13.6 Å². The van der Waals surface area contributed by atoms with Gasteiger partial charge in [-0.1, -0.05) is 0 Å². The molecule has 2 aromatic rings. The maximum Gasteiger partial charge on any atom is 0.119 e. The van der Waals surface area contributed by atoms with Crippen LogP contribution in [0.2, 0.25) is 0 Å². The van der Waals surface area contributed by atoms with E-state index in [9.17, 15) is 0 Å². The number of thiazole rings is 1. The SMILES string of the molecule is CN1CC(S)C[C@H]1c1csc2cncn12. The second-order valence-electron chi connectivity index (χ2n) is 4.11. The molecule has 3 nitrogen and oxygen atoms in total. The number of hydrogen-bond donors (Lipinski definition) is 1. The molecule has 1 aliphatic rings. The van der Waals surface area contributed by atoms with E-state index in [2.05, 4.69) is 39.3 Å². The van der Waals surface area contributed by atoms with Crippen molar-refractivity contribution >= 4 is 28.8 Å². The average molecular weight is 239 g/mol. The number of thiol groups is 1. The predicted octanol–water partition coefficient (Wildman–Crippen LogP) is 2.07. The molecule has 2 aromatic heterocycles. The van der Waals surface area contributed by atoms with E-state index < -0.39 is 0 Å². The van der Waals surface area contributed by atoms with Gasteiger partial charge in [0.1, 0.15) is 11.2 Å². The molecule has 1 saturated heterocycles. The summed E-state index contributed by atoms with van der Waals surface area (Å²) in [6.45, 7) is 1.07. The Morgan fingerprint density at radius 1 is 1.60 bits per heavy atom. The molecule has 0 amide bonds. The molecule has 1 aliphatic heterocycles. The summed E-state index contributed by atoms with van der Waals surface area (Å²) in [6, 6.07) is 0.496. The lowest BCUT2D eigenvalue weighted by Crippen LogP contribution is -2.19. The highest BCUT2D eigenvalue weighted by Gasteiger charge is 2.30. The Labute approximate surface area is 98.1 Å². The van der Waals surface area contributed by atoms with Crippen LogP contribution in [0.3, 0.4) is 0 Å². The summed E-state index contributed by atoms with van der Waals surface area (Å²) < 4.78 is 2.19. The highest BCUT2D eigenvalue weighted by Crippen LogP contribution is 2.34. The predicted molar refractivity (Wildman–Crippen MR) is 65.8 cm³/mol. The Hall–Kier alpha value is -0.520. The second kappa shape index (κ2) is 3.50. The van der Waals surface area contributed by atoms with Gasteiger partial charge in [-0.05, 0) is 13.5 Å². The van der Waals surface area contributed by atoms with E-state index in [4.69, 9.17) is 0 Å². The zero-order chi connectivity index (χ0) is 10.4. The molecular formula is C10H13N3S2. The maximum absolute atomic E-state index is 4.56. The van der Waals surface area contributed by atoms with Gasteiger partial charge < -0.3 is 0 Å². The van der Waals surface area contributed by atoms with Gasteiger partial charge in [-0.3, -0.25) is 9.30 Å². The lowest BCUT2D eigenvalue weighted by Gasteiger charge is -2.18. The van der Waals surface area contributed by atoms with E-state index in [-0.39, 0.29) is 0 Å². The molecule has 0 spiro atoms. The fourth-order valence-electron chi connectivity index (χ4n) is 2.30. The lowest BCUT2D eigenvalue weighted by molar-refractivity contribution is 0.311. The van der Waals surface area contributed by atoms with Gasteiger partial charge in [0.25, 0.3) is 0 Å². The van der Waals surface area contributed by atoms with Gasteiger partial charge in [-0.2, -0.15) is 12.6 Å². The molecule has 5 heteroatoms. The minimum absolute atomic E-state index is 0.496. The standard InChI is InChI=1S/C10H13N3S2/c1-12-4-7(14)2-8(12)9-5-15-10-3-11-6-13(9)10/h3,5-8,14H,2,4H2,1H3/t7?,8-/m0/s1. The number of likely N-dealkylation sites (tertiary alicyclic amines) is 1. The molecule has 0 radical (unpaired) electrons. The molecule has 3 heterocycles. The van der Waals surface area contributed by atoms with Crippen LogP contribution in [-0.4, -0.2) is 33.1 Å². The Morgan fingerprint density at radius 3 is 3.20 bits per heavy atom. The highest BCUT2D eigenvalue weighted by atomic mass is 32.1. The van der Waals surface area contributed by atoms with Crippen molar-refractivity contribution in [3.63, 3.8) is 0 Å². The molecule has 0 bridgehead atoms. The number of hydrogen-bond acceptors (Lipinski definition) is 4. The van der Waals surface area contributed by atoms with Crippen LogP contribution in [0.1, 0.15) is 18.2 Å². The molecule has 15 heavy (non-hydrogen) atoms. The molecule has 0 aromatic carbocycles. The van der Waals surface area contributed by atoms with Crippen molar-refractivity contribution in [3.8, 4) is 0 Å². The minimum atomic E-state index is 0.496. The van der Waals surface area contributed by atoms with Crippen molar-refractivity contribution in [1.82, 2.24) is 14.3 Å². The van der Waals surface area contributed by atoms with Crippen molar-refractivity contribution in [2.45, 2.75) is 17.7 Å². The molecule has 80 valence electrons. The average Bonchev–Trinajstić information content (AvgIpc) is 2.80. The summed E-state index contributed by atoms with van der Waals surface area (Å²) in [6.07, 6.45) is 4.95. The molecule has 1 unspecified atom stereocenters. The van der Waals surface area contributed by atoms with Crippen LogP contribution in [0, 0.1) is 0 Å². The maximum atomic E-state index is 4.56. The summed E-state index contributed by atoms with van der Waals surface area (Å²) in [7, 11) is 2.17. The molecular weight excluding hydrogens is 226 g/mol. The first kappa shape index (κ1) is 9.69. The third kappa shape index (κ3) is 1.49. The third-order valence-electron chi connectivity index (χ3n) is 3.05. The largest absolute Gasteiger partial charge is 0.297 e. The molecule has 0 saturated carbocycles. The first-order valence-corrected chi connectivity index (χ1v) is 6.43. The first-order valence-electron chi connectivity index (χ1n) is 5.03. The Bertz CT molecular complexity index is 476. The van der Waals surface area contributed by atoms with Crippen LogP contribution in [-0.2, 0) is 0 Å². The minimum Gasteiger partial charge on any atom is -0.297 e. The number of fused-ring (bicyclic) bond motifs is 1. The van der Waals surface area contributed by atoms with E-state index in [1.54, 1.807) is 11.3 Å². The van der Waals surface area contributed by atoms with Gasteiger partial charge >= 0.3 is 0 Å². The zero-order valence-corrected chi connectivity index (χ0v) is 10.2. The van der Waals surface area contributed by atoms with Crippen molar-refractivity contribution in [1.29, 1.82) is 0 Å². The molecule has 3 rings (SSSR count). The summed E-state index contributed by atoms with van der Waals surface area (Å²) in [5.74, 6) is 0. The van der Waals surface area contributed by atoms with Crippen LogP contribution in [0.4, 0.5) is 0 Å². The van der Waals surface area contributed by atoms with Gasteiger partial charge in [-0.15, -0.1) is 11.3 Å². The van der Waals surface area contributed by atoms with Gasteiger partial charge in [0.2, 0.25) is 0 Å². The van der Waals surface area contributed by atoms with Gasteiger partial charge in [0.05, 0.1) is 17.9 Å². The van der Waals surface area contributed by atoms with Crippen molar-refractivity contribution in [2.24, 2.45) is 0 Å². The lowest BCUT2D eigenvalue weighted by atomic mass is 10.2. The Balaban J connectivity index is 2.03. The monoisotopic (exact) mass is 239 g/mol. The van der Waals surface area contributed by atoms with Crippen LogP contribution in [0.5, 0.6) is 0 Å². The Morgan fingerprint density at radius 2 is 2.47 bits per heavy atom. The van der Waals surface area contributed by atoms with E-state index in [1.807, 2.05) is 12.5 Å². The summed E-state index contributed by atoms with van der Waals surface area (Å²) in [4.78, 5) is 7.77. The molecule has 0 aliphatic carbocycles. The molecule has 1 fully saturated rings. The molecule has 0 N–H and O–H groups in total. The summed E-state index contributed by atoms with van der Waals surface area (Å²) in [5, 5.41) is 2.74. The summed E-state index contributed by atoms with van der Waals surface area (Å²) >= 11 is 6.32. The number of nitrogens with zero attached hydrogens (tertiary/aromatic N) is 3. The third-order valence-corrected chi connectivity index (χ3v) is 4.33. The van der Waals surface area contributed by atoms with Gasteiger partial charge in [0, 0.05) is 17.2 Å². The summed E-state index contributed by atoms with van der Waals surface area (Å²) in [5.41, 5.74) is 1.35. The fraction of sp³-hybridized carbons (Fsp3) is 0.500. The fourth-order valence-corrected chi connectivity index (χ4v) is 3.66. The smallest absolute Gasteiger partial charge is 0.119 e. The van der Waals surface area contributed by atoms with E-state index in [0.717, 1.165) is 13.0 Å². The van der Waals surface area contributed by atoms with Crippen LogP contribution in [0.25, 0.3) is 4.83 Å². The van der Waals surface area contributed by atoms with Crippen LogP contribution >= 0.6 is 24.0 Å². The second-order valence-corrected chi connectivity index (χ2v) is 5.73. The van der Waals surface area contributed by atoms with E-state index in [0.29, 0.717) is 11.3 Å². The number of aromatic nitrogens is 2. The first-order chi connectivity index (χ1) is 7.25. The van der Waals surface area contributed by atoms with E-state index >= 15 is 0 Å². The van der Waals surface area contributed by atoms with Crippen molar-refractivity contribution in [3.05, 3.63) is 23.6 Å². The van der Waals surface area contributed by atoms with Gasteiger partial charge in [0.15, 0.2) is 0 Å². The van der Waals surface area contributed by atoms with Gasteiger partial charge in [-0.25, -0.2) is 4.98 Å². The Kier molecular flexibility index (Phi) is 2.26. The zero-order valence-electron chi connectivity index (χ0n) is 8.50. The number of rotatable bonds is 1.